The SMILES string of the molecule is CC1=NN(c2ccc(C)c(C)c2)C(=O)/C1=N\Nc1cccc(-c2c(O)ccc(C(=O)O)c2O)c1. The second-order valence-corrected chi connectivity index (χ2v) is 7.88. The first-order valence-electron chi connectivity index (χ1n) is 10.4. The molecule has 0 spiro atoms. The number of anilines is 2. The Labute approximate surface area is 195 Å². The summed E-state index contributed by atoms with van der Waals surface area (Å²) in [5.41, 5.74) is 6.64. The van der Waals surface area contributed by atoms with Gasteiger partial charge in [-0.2, -0.15) is 15.2 Å². The van der Waals surface area contributed by atoms with Gasteiger partial charge in [0.2, 0.25) is 0 Å². The lowest BCUT2D eigenvalue weighted by Crippen LogP contribution is -2.28. The largest absolute Gasteiger partial charge is 0.507 e. The lowest BCUT2D eigenvalue weighted by Gasteiger charge is -2.13. The zero-order valence-electron chi connectivity index (χ0n) is 18.7. The fourth-order valence-corrected chi connectivity index (χ4v) is 3.56. The highest BCUT2D eigenvalue weighted by atomic mass is 16.4. The number of amides is 1. The van der Waals surface area contributed by atoms with E-state index in [1.807, 2.05) is 32.0 Å². The Hall–Kier alpha value is -4.66. The average Bonchev–Trinajstić information content (AvgIpc) is 3.07. The van der Waals surface area contributed by atoms with Crippen LogP contribution in [-0.4, -0.2) is 38.6 Å². The van der Waals surface area contributed by atoms with Crippen LogP contribution in [0.1, 0.15) is 28.4 Å². The summed E-state index contributed by atoms with van der Waals surface area (Å²) in [6.07, 6.45) is 0. The fourth-order valence-electron chi connectivity index (χ4n) is 3.56. The molecule has 0 fully saturated rings. The highest BCUT2D eigenvalue weighted by Gasteiger charge is 2.31. The molecule has 0 aliphatic carbocycles. The van der Waals surface area contributed by atoms with E-state index in [9.17, 15) is 24.9 Å². The smallest absolute Gasteiger partial charge is 0.339 e. The molecule has 0 saturated carbocycles. The molecule has 0 unspecified atom stereocenters. The van der Waals surface area contributed by atoms with E-state index in [0.29, 0.717) is 22.6 Å². The summed E-state index contributed by atoms with van der Waals surface area (Å²) >= 11 is 0. The number of carboxylic acids is 1. The van der Waals surface area contributed by atoms with Crippen LogP contribution in [0.15, 0.2) is 64.8 Å². The van der Waals surface area contributed by atoms with Gasteiger partial charge in [0.15, 0.2) is 5.71 Å². The van der Waals surface area contributed by atoms with E-state index in [1.54, 1.807) is 31.2 Å². The molecule has 0 radical (unpaired) electrons. The Balaban J connectivity index is 1.61. The van der Waals surface area contributed by atoms with Crippen molar-refractivity contribution in [1.29, 1.82) is 0 Å². The van der Waals surface area contributed by atoms with Crippen molar-refractivity contribution in [1.82, 2.24) is 0 Å². The van der Waals surface area contributed by atoms with Crippen LogP contribution in [0.5, 0.6) is 11.5 Å². The van der Waals surface area contributed by atoms with Gasteiger partial charge in [0.25, 0.3) is 0 Å². The maximum Gasteiger partial charge on any atom is 0.339 e. The quantitative estimate of drug-likeness (QED) is 0.422. The van der Waals surface area contributed by atoms with Crippen molar-refractivity contribution in [2.75, 3.05) is 10.4 Å². The number of hydrogen-bond donors (Lipinski definition) is 4. The molecule has 1 aliphatic rings. The number of carbonyl (C=O) groups excluding carboxylic acids is 1. The molecule has 4 rings (SSSR count). The number of nitrogens with zero attached hydrogens (tertiary/aromatic N) is 3. The van der Waals surface area contributed by atoms with E-state index in [1.165, 1.54) is 11.1 Å². The predicted molar refractivity (Wildman–Crippen MR) is 130 cm³/mol. The Morgan fingerprint density at radius 3 is 2.47 bits per heavy atom. The molecular formula is C25H22N4O5. The van der Waals surface area contributed by atoms with E-state index in [4.69, 9.17) is 0 Å². The van der Waals surface area contributed by atoms with Crippen LogP contribution in [0.3, 0.4) is 0 Å². The number of aromatic hydroxyl groups is 2. The molecule has 3 aromatic rings. The van der Waals surface area contributed by atoms with Crippen molar-refractivity contribution in [3.05, 3.63) is 71.3 Å². The van der Waals surface area contributed by atoms with E-state index < -0.39 is 11.7 Å². The molecule has 34 heavy (non-hydrogen) atoms. The highest BCUT2D eigenvalue weighted by Crippen LogP contribution is 2.40. The first kappa shape index (κ1) is 22.5. The molecule has 172 valence electrons. The Bertz CT molecular complexity index is 1390. The molecule has 9 nitrogen and oxygen atoms in total. The van der Waals surface area contributed by atoms with Gasteiger partial charge in [0.1, 0.15) is 17.1 Å². The molecule has 0 bridgehead atoms. The van der Waals surface area contributed by atoms with Gasteiger partial charge < -0.3 is 15.3 Å². The number of phenols is 2. The normalized spacial score (nSPS) is 14.4. The van der Waals surface area contributed by atoms with Crippen molar-refractivity contribution in [3.8, 4) is 22.6 Å². The summed E-state index contributed by atoms with van der Waals surface area (Å²) in [7, 11) is 0. The van der Waals surface area contributed by atoms with Gasteiger partial charge in [0, 0.05) is 0 Å². The van der Waals surface area contributed by atoms with Crippen molar-refractivity contribution in [3.63, 3.8) is 0 Å². The summed E-state index contributed by atoms with van der Waals surface area (Å²) < 4.78 is 0. The Morgan fingerprint density at radius 1 is 1.00 bits per heavy atom. The van der Waals surface area contributed by atoms with Gasteiger partial charge in [-0.25, -0.2) is 4.79 Å². The van der Waals surface area contributed by atoms with E-state index in [-0.39, 0.29) is 28.5 Å². The monoisotopic (exact) mass is 458 g/mol. The minimum Gasteiger partial charge on any atom is -0.507 e. The zero-order valence-corrected chi connectivity index (χ0v) is 18.7. The van der Waals surface area contributed by atoms with Gasteiger partial charge in [0.05, 0.1) is 22.6 Å². The molecule has 0 aromatic heterocycles. The topological polar surface area (TPSA) is 135 Å². The second kappa shape index (κ2) is 8.70. The van der Waals surface area contributed by atoms with Crippen molar-refractivity contribution in [2.24, 2.45) is 10.2 Å². The molecule has 0 saturated heterocycles. The predicted octanol–water partition coefficient (Wildman–Crippen LogP) is 4.27. The zero-order chi connectivity index (χ0) is 24.6. The molecule has 9 heteroatoms. The van der Waals surface area contributed by atoms with Gasteiger partial charge in [-0.3, -0.25) is 10.2 Å². The third-order valence-corrected chi connectivity index (χ3v) is 5.56. The minimum absolute atomic E-state index is 0.0215. The highest BCUT2D eigenvalue weighted by molar-refractivity contribution is 6.71. The number of phenolic OH excluding ortho intramolecular Hbond substituents is 1. The van der Waals surface area contributed by atoms with Crippen molar-refractivity contribution in [2.45, 2.75) is 20.8 Å². The first-order chi connectivity index (χ1) is 16.2. The lowest BCUT2D eigenvalue weighted by molar-refractivity contribution is -0.112. The molecule has 1 amide bonds. The number of aromatic carboxylic acids is 1. The van der Waals surface area contributed by atoms with Crippen molar-refractivity contribution >= 4 is 34.7 Å². The number of nitrogens with one attached hydrogen (secondary N) is 1. The maximum atomic E-state index is 12.9. The van der Waals surface area contributed by atoms with Crippen LogP contribution in [-0.2, 0) is 4.79 Å². The third-order valence-electron chi connectivity index (χ3n) is 5.56. The second-order valence-electron chi connectivity index (χ2n) is 7.88. The number of rotatable bonds is 5. The van der Waals surface area contributed by atoms with Crippen molar-refractivity contribution < 1.29 is 24.9 Å². The Morgan fingerprint density at radius 2 is 1.76 bits per heavy atom. The first-order valence-corrected chi connectivity index (χ1v) is 10.4. The van der Waals surface area contributed by atoms with Crippen LogP contribution in [0.25, 0.3) is 11.1 Å². The summed E-state index contributed by atoms with van der Waals surface area (Å²) in [4.78, 5) is 24.3. The number of carbonyl (C=O) groups is 2. The van der Waals surface area contributed by atoms with Crippen LogP contribution in [0.2, 0.25) is 0 Å². The number of aryl methyl sites for hydroxylation is 2. The van der Waals surface area contributed by atoms with Gasteiger partial charge in [-0.1, -0.05) is 18.2 Å². The average molecular weight is 458 g/mol. The van der Waals surface area contributed by atoms with Gasteiger partial charge >= 0.3 is 11.9 Å². The number of hydrogen-bond acceptors (Lipinski definition) is 7. The number of benzene rings is 3. The van der Waals surface area contributed by atoms with E-state index in [0.717, 1.165) is 17.2 Å². The molecule has 0 atom stereocenters. The Kier molecular flexibility index (Phi) is 5.77. The maximum absolute atomic E-state index is 12.9. The lowest BCUT2D eigenvalue weighted by atomic mass is 9.99. The van der Waals surface area contributed by atoms with Gasteiger partial charge in [-0.15, -0.1) is 0 Å². The van der Waals surface area contributed by atoms with E-state index in [2.05, 4.69) is 15.6 Å². The van der Waals surface area contributed by atoms with Crippen LogP contribution in [0, 0.1) is 13.8 Å². The summed E-state index contributed by atoms with van der Waals surface area (Å²) in [6, 6.07) is 14.4. The molecular weight excluding hydrogens is 436 g/mol. The van der Waals surface area contributed by atoms with E-state index >= 15 is 0 Å². The minimum atomic E-state index is -1.32. The van der Waals surface area contributed by atoms with Crippen LogP contribution < -0.4 is 10.4 Å². The number of hydrazone groups is 2. The number of carboxylic acid groups (broad SMARTS) is 1. The molecule has 4 N–H and O–H groups in total. The molecule has 1 heterocycles. The fraction of sp³-hybridized carbons (Fsp3) is 0.120. The summed E-state index contributed by atoms with van der Waals surface area (Å²) in [6.45, 7) is 5.63. The van der Waals surface area contributed by atoms with Crippen LogP contribution in [0.4, 0.5) is 11.4 Å². The van der Waals surface area contributed by atoms with Crippen LogP contribution >= 0.6 is 0 Å². The molecule has 3 aromatic carbocycles. The third kappa shape index (κ3) is 4.06. The van der Waals surface area contributed by atoms with Gasteiger partial charge in [-0.05, 0) is 73.9 Å². The summed E-state index contributed by atoms with van der Waals surface area (Å²) in [5, 5.41) is 39.7. The molecule has 1 aliphatic heterocycles. The summed E-state index contributed by atoms with van der Waals surface area (Å²) in [5.74, 6) is -2.52. The standard InChI is InChI=1S/C25H22N4O5/c1-13-7-8-18(11-14(13)2)29-24(32)22(15(3)28-29)27-26-17-6-4-5-16(12-17)21-20(30)10-9-19(23(21)31)25(33)34/h4-12,26,30-31H,1-3H3,(H,33,34)/b27-22-.